The van der Waals surface area contributed by atoms with Crippen LogP contribution in [0.1, 0.15) is 11.4 Å². The zero-order valence-electron chi connectivity index (χ0n) is 11.1. The molecule has 21 heavy (non-hydrogen) atoms. The van der Waals surface area contributed by atoms with Crippen molar-refractivity contribution in [3.63, 3.8) is 0 Å². The number of fused-ring (bicyclic) bond motifs is 1. The lowest BCUT2D eigenvalue weighted by Crippen LogP contribution is -2.00. The Morgan fingerprint density at radius 3 is 2.86 bits per heavy atom. The summed E-state index contributed by atoms with van der Waals surface area (Å²) in [6.07, 6.45) is 1.43. The quantitative estimate of drug-likeness (QED) is 0.494. The fraction of sp³-hybridized carbons (Fsp3) is 0.0769. The van der Waals surface area contributed by atoms with Crippen molar-refractivity contribution >= 4 is 17.7 Å². The van der Waals surface area contributed by atoms with E-state index < -0.39 is 0 Å². The molecule has 3 N–H and O–H groups in total. The lowest BCUT2D eigenvalue weighted by Gasteiger charge is -2.01. The Labute approximate surface area is 119 Å². The highest BCUT2D eigenvalue weighted by molar-refractivity contribution is 5.84. The molecule has 0 spiro atoms. The standard InChI is InChI=1S/C13H12N6O2/c1-8-15-17-13-5-4-12(18-19(8)13)16-14-7-9-2-3-10(20)6-11(9)21/h2-7,20-21H,1H3,(H,16,18). The van der Waals surface area contributed by atoms with Crippen LogP contribution in [0, 0.1) is 6.92 Å². The van der Waals surface area contributed by atoms with Gasteiger partial charge in [0, 0.05) is 11.6 Å². The number of anilines is 1. The highest BCUT2D eigenvalue weighted by atomic mass is 16.3. The van der Waals surface area contributed by atoms with Gasteiger partial charge >= 0.3 is 0 Å². The molecule has 3 aromatic rings. The second-order valence-electron chi connectivity index (χ2n) is 4.35. The van der Waals surface area contributed by atoms with Gasteiger partial charge < -0.3 is 10.2 Å². The van der Waals surface area contributed by atoms with Gasteiger partial charge in [0.2, 0.25) is 0 Å². The molecule has 0 bridgehead atoms. The second kappa shape index (κ2) is 5.08. The molecule has 2 aromatic heterocycles. The minimum absolute atomic E-state index is 0.00666. The van der Waals surface area contributed by atoms with Crippen LogP contribution in [0.25, 0.3) is 5.65 Å². The normalized spacial score (nSPS) is 11.3. The second-order valence-corrected chi connectivity index (χ2v) is 4.35. The molecular weight excluding hydrogens is 272 g/mol. The van der Waals surface area contributed by atoms with Gasteiger partial charge in [-0.25, -0.2) is 0 Å². The van der Waals surface area contributed by atoms with Gasteiger partial charge in [-0.3, -0.25) is 5.43 Å². The van der Waals surface area contributed by atoms with Gasteiger partial charge in [0.1, 0.15) is 11.5 Å². The van der Waals surface area contributed by atoms with Gasteiger partial charge in [-0.1, -0.05) is 0 Å². The lowest BCUT2D eigenvalue weighted by molar-refractivity contribution is 0.450. The molecule has 0 atom stereocenters. The minimum atomic E-state index is -0.0568. The molecule has 0 saturated heterocycles. The average Bonchev–Trinajstić information content (AvgIpc) is 2.83. The predicted molar refractivity (Wildman–Crippen MR) is 76.5 cm³/mol. The van der Waals surface area contributed by atoms with Gasteiger partial charge in [0.25, 0.3) is 0 Å². The van der Waals surface area contributed by atoms with Crippen molar-refractivity contribution in [3.8, 4) is 11.5 Å². The number of nitrogens with one attached hydrogen (secondary N) is 1. The van der Waals surface area contributed by atoms with Crippen molar-refractivity contribution in [1.29, 1.82) is 0 Å². The Bertz CT molecular complexity index is 827. The molecule has 8 nitrogen and oxygen atoms in total. The molecule has 0 amide bonds. The fourth-order valence-corrected chi connectivity index (χ4v) is 1.76. The van der Waals surface area contributed by atoms with Crippen molar-refractivity contribution < 1.29 is 10.2 Å². The molecule has 0 aliphatic rings. The molecule has 0 radical (unpaired) electrons. The molecule has 0 aliphatic heterocycles. The Balaban J connectivity index is 1.79. The number of aryl methyl sites for hydroxylation is 1. The van der Waals surface area contributed by atoms with E-state index in [2.05, 4.69) is 25.8 Å². The van der Waals surface area contributed by atoms with Gasteiger partial charge in [0.05, 0.1) is 6.21 Å². The third-order valence-corrected chi connectivity index (χ3v) is 2.82. The Hall–Kier alpha value is -3.16. The minimum Gasteiger partial charge on any atom is -0.508 e. The zero-order valence-corrected chi connectivity index (χ0v) is 11.1. The van der Waals surface area contributed by atoms with E-state index >= 15 is 0 Å². The van der Waals surface area contributed by atoms with Crippen LogP contribution in [-0.4, -0.2) is 36.2 Å². The first-order chi connectivity index (χ1) is 10.1. The number of aromatic hydroxyl groups is 2. The fourth-order valence-electron chi connectivity index (χ4n) is 1.76. The van der Waals surface area contributed by atoms with E-state index in [1.54, 1.807) is 29.6 Å². The topological polar surface area (TPSA) is 108 Å². The van der Waals surface area contributed by atoms with E-state index in [1.165, 1.54) is 18.3 Å². The monoisotopic (exact) mass is 284 g/mol. The molecule has 0 aliphatic carbocycles. The van der Waals surface area contributed by atoms with Gasteiger partial charge in [-0.05, 0) is 31.2 Å². The summed E-state index contributed by atoms with van der Waals surface area (Å²) in [6, 6.07) is 7.74. The summed E-state index contributed by atoms with van der Waals surface area (Å²) in [6.45, 7) is 1.80. The summed E-state index contributed by atoms with van der Waals surface area (Å²) in [7, 11) is 0. The molecule has 0 saturated carbocycles. The molecular formula is C13H12N6O2. The number of phenolic OH excluding ortho intramolecular Hbond substituents is 2. The molecule has 106 valence electrons. The smallest absolute Gasteiger partial charge is 0.178 e. The molecule has 8 heteroatoms. The average molecular weight is 284 g/mol. The maximum atomic E-state index is 9.62. The zero-order chi connectivity index (χ0) is 14.8. The van der Waals surface area contributed by atoms with Gasteiger partial charge in [-0.2, -0.15) is 9.62 Å². The predicted octanol–water partition coefficient (Wildman–Crippen LogP) is 1.29. The number of nitrogens with zero attached hydrogens (tertiary/aromatic N) is 5. The van der Waals surface area contributed by atoms with Crippen LogP contribution >= 0.6 is 0 Å². The first kappa shape index (κ1) is 12.9. The number of hydrogen-bond acceptors (Lipinski definition) is 7. The van der Waals surface area contributed by atoms with Crippen molar-refractivity contribution in [3.05, 3.63) is 41.7 Å². The maximum absolute atomic E-state index is 9.62. The van der Waals surface area contributed by atoms with Crippen LogP contribution in [0.3, 0.4) is 0 Å². The molecule has 2 heterocycles. The van der Waals surface area contributed by atoms with Crippen LogP contribution < -0.4 is 5.43 Å². The van der Waals surface area contributed by atoms with Gasteiger partial charge in [0.15, 0.2) is 17.3 Å². The molecule has 3 rings (SSSR count). The SMILES string of the molecule is Cc1nnc2ccc(NN=Cc3ccc(O)cc3O)nn12. The van der Waals surface area contributed by atoms with Crippen LogP contribution in [0.4, 0.5) is 5.82 Å². The third-order valence-electron chi connectivity index (χ3n) is 2.82. The highest BCUT2D eigenvalue weighted by Crippen LogP contribution is 2.20. The van der Waals surface area contributed by atoms with Crippen LogP contribution in [0.5, 0.6) is 11.5 Å². The van der Waals surface area contributed by atoms with Crippen LogP contribution in [0.2, 0.25) is 0 Å². The van der Waals surface area contributed by atoms with Crippen molar-refractivity contribution in [1.82, 2.24) is 19.8 Å². The Morgan fingerprint density at radius 2 is 2.05 bits per heavy atom. The van der Waals surface area contributed by atoms with E-state index in [0.29, 0.717) is 22.9 Å². The summed E-state index contributed by atoms with van der Waals surface area (Å²) in [5, 5.41) is 34.9. The van der Waals surface area contributed by atoms with E-state index in [-0.39, 0.29) is 11.5 Å². The van der Waals surface area contributed by atoms with Crippen molar-refractivity contribution in [2.45, 2.75) is 6.92 Å². The summed E-state index contributed by atoms with van der Waals surface area (Å²) in [5.74, 6) is 1.13. The highest BCUT2D eigenvalue weighted by Gasteiger charge is 2.03. The van der Waals surface area contributed by atoms with Crippen molar-refractivity contribution in [2.75, 3.05) is 5.43 Å². The number of benzene rings is 1. The summed E-state index contributed by atoms with van der Waals surface area (Å²) < 4.78 is 1.59. The van der Waals surface area contributed by atoms with Crippen molar-refractivity contribution in [2.24, 2.45) is 5.10 Å². The summed E-state index contributed by atoms with van der Waals surface area (Å²) in [5.41, 5.74) is 3.88. The largest absolute Gasteiger partial charge is 0.508 e. The number of hydrogen-bond donors (Lipinski definition) is 3. The molecule has 1 aromatic carbocycles. The lowest BCUT2D eigenvalue weighted by atomic mass is 10.2. The Kier molecular flexibility index (Phi) is 3.11. The maximum Gasteiger partial charge on any atom is 0.178 e. The first-order valence-corrected chi connectivity index (χ1v) is 6.13. The van der Waals surface area contributed by atoms with E-state index in [0.717, 1.165) is 0 Å². The third kappa shape index (κ3) is 2.59. The first-order valence-electron chi connectivity index (χ1n) is 6.13. The van der Waals surface area contributed by atoms with Crippen LogP contribution in [-0.2, 0) is 0 Å². The molecule has 0 fully saturated rings. The molecule has 0 unspecified atom stereocenters. The number of phenols is 2. The number of rotatable bonds is 3. The van der Waals surface area contributed by atoms with E-state index in [9.17, 15) is 10.2 Å². The number of aromatic nitrogens is 4. The number of hydrazone groups is 1. The summed E-state index contributed by atoms with van der Waals surface area (Å²) >= 11 is 0. The van der Waals surface area contributed by atoms with E-state index in [1.807, 2.05) is 0 Å². The Morgan fingerprint density at radius 1 is 1.19 bits per heavy atom. The van der Waals surface area contributed by atoms with E-state index in [4.69, 9.17) is 0 Å². The van der Waals surface area contributed by atoms with Crippen LogP contribution in [0.15, 0.2) is 35.4 Å². The summed E-state index contributed by atoms with van der Waals surface area (Å²) in [4.78, 5) is 0. The van der Waals surface area contributed by atoms with Gasteiger partial charge in [-0.15, -0.1) is 15.3 Å².